The minimum atomic E-state index is -0.719. The molecule has 31 heavy (non-hydrogen) atoms. The van der Waals surface area contributed by atoms with Crippen LogP contribution in [0.25, 0.3) is 10.9 Å². The van der Waals surface area contributed by atoms with E-state index in [4.69, 9.17) is 10.5 Å². The molecule has 1 fully saturated rings. The lowest BCUT2D eigenvalue weighted by Crippen LogP contribution is -2.48. The minimum Gasteiger partial charge on any atom is -0.487 e. The first-order valence-corrected chi connectivity index (χ1v) is 10.4. The van der Waals surface area contributed by atoms with Gasteiger partial charge in [-0.15, -0.1) is 0 Å². The van der Waals surface area contributed by atoms with Crippen LogP contribution in [0.3, 0.4) is 0 Å². The van der Waals surface area contributed by atoms with Crippen LogP contribution in [-0.4, -0.2) is 22.7 Å². The lowest BCUT2D eigenvalue weighted by molar-refractivity contribution is 0.0601. The second-order valence-electron chi connectivity index (χ2n) is 8.23. The Labute approximate surface area is 178 Å². The quantitative estimate of drug-likeness (QED) is 0.486. The Bertz CT molecular complexity index is 1280. The van der Waals surface area contributed by atoms with Crippen LogP contribution in [0.4, 0.5) is 15.8 Å². The van der Waals surface area contributed by atoms with E-state index in [-0.39, 0.29) is 27.9 Å². The molecule has 0 unspecified atom stereocenters. The SMILES string of the molecule is N#Cc1cn2c3c(c(NCCCc4ccccn4)c(F)c(N)c3c1=O)OCC21CCC1. The zero-order valence-corrected chi connectivity index (χ0v) is 16.9. The normalized spacial score (nSPS) is 15.9. The number of aromatic nitrogens is 2. The van der Waals surface area contributed by atoms with Crippen LogP contribution in [-0.2, 0) is 12.0 Å². The summed E-state index contributed by atoms with van der Waals surface area (Å²) in [6, 6.07) is 7.68. The Hall–Kier alpha value is -3.60. The molecule has 1 aliphatic carbocycles. The van der Waals surface area contributed by atoms with Crippen LogP contribution in [0.1, 0.15) is 36.9 Å². The fourth-order valence-corrected chi connectivity index (χ4v) is 4.58. The Balaban J connectivity index is 1.57. The average molecular weight is 419 g/mol. The maximum absolute atomic E-state index is 15.3. The van der Waals surface area contributed by atoms with Crippen molar-refractivity contribution in [2.24, 2.45) is 0 Å². The highest BCUT2D eigenvalue weighted by Gasteiger charge is 2.44. The number of halogens is 1. The van der Waals surface area contributed by atoms with Gasteiger partial charge in [0, 0.05) is 24.6 Å². The molecule has 0 saturated heterocycles. The van der Waals surface area contributed by atoms with E-state index in [2.05, 4.69) is 10.3 Å². The molecule has 3 heterocycles. The molecule has 5 rings (SSSR count). The molecule has 0 atom stereocenters. The molecule has 158 valence electrons. The third-order valence-electron chi connectivity index (χ3n) is 6.41. The number of nitrogens with two attached hydrogens (primary N) is 1. The number of aryl methyl sites for hydroxylation is 1. The summed E-state index contributed by atoms with van der Waals surface area (Å²) >= 11 is 0. The van der Waals surface area contributed by atoms with Gasteiger partial charge in [0.2, 0.25) is 5.43 Å². The Morgan fingerprint density at radius 1 is 1.39 bits per heavy atom. The summed E-state index contributed by atoms with van der Waals surface area (Å²) in [5.41, 5.74) is 6.54. The lowest BCUT2D eigenvalue weighted by atomic mass is 9.76. The van der Waals surface area contributed by atoms with E-state index in [0.29, 0.717) is 24.4 Å². The van der Waals surface area contributed by atoms with Crippen molar-refractivity contribution in [2.45, 2.75) is 37.6 Å². The van der Waals surface area contributed by atoms with Crippen LogP contribution in [0, 0.1) is 17.1 Å². The number of nitrogens with one attached hydrogen (secondary N) is 1. The fraction of sp³-hybridized carbons (Fsp3) is 0.348. The summed E-state index contributed by atoms with van der Waals surface area (Å²) in [4.78, 5) is 17.2. The van der Waals surface area contributed by atoms with E-state index in [1.165, 1.54) is 0 Å². The summed E-state index contributed by atoms with van der Waals surface area (Å²) in [6.07, 6.45) is 7.59. The Kier molecular flexibility index (Phi) is 4.54. The van der Waals surface area contributed by atoms with Gasteiger partial charge in [-0.25, -0.2) is 4.39 Å². The van der Waals surface area contributed by atoms with Gasteiger partial charge in [-0.1, -0.05) is 6.07 Å². The molecule has 7 nitrogen and oxygen atoms in total. The number of nitrogens with zero attached hydrogens (tertiary/aromatic N) is 3. The van der Waals surface area contributed by atoms with Gasteiger partial charge in [-0.3, -0.25) is 9.78 Å². The maximum atomic E-state index is 15.3. The molecule has 1 saturated carbocycles. The van der Waals surface area contributed by atoms with Crippen molar-refractivity contribution in [3.63, 3.8) is 0 Å². The molecule has 1 aromatic carbocycles. The van der Waals surface area contributed by atoms with Crippen molar-refractivity contribution in [3.8, 4) is 11.8 Å². The number of rotatable bonds is 5. The highest BCUT2D eigenvalue weighted by Crippen LogP contribution is 2.50. The first-order valence-electron chi connectivity index (χ1n) is 10.4. The monoisotopic (exact) mass is 419 g/mol. The molecule has 1 aliphatic heterocycles. The fourth-order valence-electron chi connectivity index (χ4n) is 4.58. The van der Waals surface area contributed by atoms with Gasteiger partial charge in [0.1, 0.15) is 23.9 Å². The zero-order chi connectivity index (χ0) is 21.6. The van der Waals surface area contributed by atoms with Crippen LogP contribution in [0.5, 0.6) is 5.75 Å². The summed E-state index contributed by atoms with van der Waals surface area (Å²) < 4.78 is 23.3. The molecular formula is C23H22FN5O2. The van der Waals surface area contributed by atoms with Crippen LogP contribution >= 0.6 is 0 Å². The van der Waals surface area contributed by atoms with E-state index in [1.54, 1.807) is 12.4 Å². The number of benzene rings is 1. The molecule has 0 radical (unpaired) electrons. The largest absolute Gasteiger partial charge is 0.487 e. The molecule has 8 heteroatoms. The van der Waals surface area contributed by atoms with E-state index in [0.717, 1.165) is 37.8 Å². The standard InChI is InChI=1S/C23H22FN5O2/c24-17-18(26)16-20-22(19(17)28-10-3-6-15-5-1-2-9-27-15)31-13-23(7-4-8-23)29(20)12-14(11-25)21(16)30/h1-2,5,9,12,28H,3-4,6-8,10,13,26H2. The van der Waals surface area contributed by atoms with Crippen molar-refractivity contribution in [3.05, 3.63) is 57.9 Å². The van der Waals surface area contributed by atoms with E-state index in [1.807, 2.05) is 28.8 Å². The van der Waals surface area contributed by atoms with Gasteiger partial charge in [-0.05, 0) is 44.2 Å². The van der Waals surface area contributed by atoms with Gasteiger partial charge < -0.3 is 20.4 Å². The molecule has 2 aliphatic rings. The van der Waals surface area contributed by atoms with Gasteiger partial charge in [0.25, 0.3) is 0 Å². The molecule has 0 amide bonds. The molecule has 2 aromatic heterocycles. The minimum absolute atomic E-state index is 0.0246. The van der Waals surface area contributed by atoms with Gasteiger partial charge >= 0.3 is 0 Å². The number of nitriles is 1. The molecular weight excluding hydrogens is 397 g/mol. The van der Waals surface area contributed by atoms with Crippen molar-refractivity contribution >= 4 is 22.3 Å². The number of ether oxygens (including phenoxy) is 1. The smallest absolute Gasteiger partial charge is 0.209 e. The number of fused-ring (bicyclic) bond motifs is 1. The second-order valence-corrected chi connectivity index (χ2v) is 8.23. The number of nitrogen functional groups attached to an aromatic ring is 1. The van der Waals surface area contributed by atoms with Crippen LogP contribution in [0.2, 0.25) is 0 Å². The Morgan fingerprint density at radius 2 is 2.23 bits per heavy atom. The predicted octanol–water partition coefficient (Wildman–Crippen LogP) is 3.31. The third kappa shape index (κ3) is 2.92. The molecule has 3 aromatic rings. The first kappa shape index (κ1) is 19.4. The van der Waals surface area contributed by atoms with Crippen molar-refractivity contribution in [1.82, 2.24) is 9.55 Å². The number of anilines is 2. The maximum Gasteiger partial charge on any atom is 0.209 e. The van der Waals surface area contributed by atoms with E-state index in [9.17, 15) is 10.1 Å². The summed E-state index contributed by atoms with van der Waals surface area (Å²) in [7, 11) is 0. The highest BCUT2D eigenvalue weighted by atomic mass is 19.1. The highest BCUT2D eigenvalue weighted by molar-refractivity contribution is 6.01. The van der Waals surface area contributed by atoms with E-state index < -0.39 is 11.2 Å². The van der Waals surface area contributed by atoms with Gasteiger partial charge in [0.15, 0.2) is 11.6 Å². The lowest BCUT2D eigenvalue weighted by Gasteiger charge is -2.47. The number of hydrogen-bond donors (Lipinski definition) is 2. The van der Waals surface area contributed by atoms with Crippen LogP contribution in [0.15, 0.2) is 35.4 Å². The Morgan fingerprint density at radius 3 is 2.90 bits per heavy atom. The van der Waals surface area contributed by atoms with Crippen molar-refractivity contribution in [1.29, 1.82) is 5.26 Å². The van der Waals surface area contributed by atoms with Gasteiger partial charge in [-0.2, -0.15) is 5.26 Å². The third-order valence-corrected chi connectivity index (χ3v) is 6.41. The van der Waals surface area contributed by atoms with Crippen LogP contribution < -0.4 is 21.2 Å². The van der Waals surface area contributed by atoms with Crippen molar-refractivity contribution < 1.29 is 9.13 Å². The number of hydrogen-bond acceptors (Lipinski definition) is 6. The average Bonchev–Trinajstić information content (AvgIpc) is 2.76. The molecule has 1 spiro atoms. The van der Waals surface area contributed by atoms with Gasteiger partial charge in [0.05, 0.1) is 22.1 Å². The first-order chi connectivity index (χ1) is 15.1. The zero-order valence-electron chi connectivity index (χ0n) is 16.9. The van der Waals surface area contributed by atoms with E-state index >= 15 is 4.39 Å². The second kappa shape index (κ2) is 7.27. The molecule has 0 bridgehead atoms. The topological polar surface area (TPSA) is 106 Å². The summed E-state index contributed by atoms with van der Waals surface area (Å²) in [5, 5.41) is 12.6. The molecule has 3 N–H and O–H groups in total. The predicted molar refractivity (Wildman–Crippen MR) is 116 cm³/mol. The summed E-state index contributed by atoms with van der Waals surface area (Å²) in [5.74, 6) is -0.428. The summed E-state index contributed by atoms with van der Waals surface area (Å²) in [6.45, 7) is 0.856. The van der Waals surface area contributed by atoms with Crippen molar-refractivity contribution in [2.75, 3.05) is 24.2 Å². The number of pyridine rings is 2.